The molecule has 4 rings (SSSR count). The van der Waals surface area contributed by atoms with Crippen molar-refractivity contribution in [3.05, 3.63) is 90.0 Å². The molecule has 0 saturated carbocycles. The number of amides is 2. The van der Waals surface area contributed by atoms with Gasteiger partial charge in [0, 0.05) is 37.5 Å². The van der Waals surface area contributed by atoms with E-state index in [0.29, 0.717) is 22.6 Å². The monoisotopic (exact) mass is 504 g/mol. The molecule has 3 aromatic rings. The number of hydrogen-bond acceptors (Lipinski definition) is 5. The van der Waals surface area contributed by atoms with Crippen LogP contribution in [0.2, 0.25) is 0 Å². The predicted octanol–water partition coefficient (Wildman–Crippen LogP) is 3.86. The standard InChI is InChI=1S/C27H28N4O4S/c1-19(32)30(2)17-18-31(36(3,34)35)22-15-13-21(14-16-22)28-26(20-9-5-4-6-10-20)25-23-11-7-8-12-24(23)29-27(25)33/h4-16,28H,17-18H2,1-3H3,(H,29,33). The van der Waals surface area contributed by atoms with Crippen LogP contribution >= 0.6 is 0 Å². The number of benzene rings is 3. The van der Waals surface area contributed by atoms with E-state index in [1.54, 1.807) is 31.3 Å². The Morgan fingerprint density at radius 2 is 1.56 bits per heavy atom. The zero-order chi connectivity index (χ0) is 25.9. The molecule has 0 saturated heterocycles. The Morgan fingerprint density at radius 3 is 2.19 bits per heavy atom. The molecule has 0 unspecified atom stereocenters. The molecule has 2 amide bonds. The van der Waals surface area contributed by atoms with E-state index in [9.17, 15) is 18.0 Å². The Kier molecular flexibility index (Phi) is 7.12. The third-order valence-corrected chi connectivity index (χ3v) is 7.18. The van der Waals surface area contributed by atoms with Crippen LogP contribution in [0.1, 0.15) is 18.1 Å². The molecule has 36 heavy (non-hydrogen) atoms. The van der Waals surface area contributed by atoms with Crippen molar-refractivity contribution < 1.29 is 18.0 Å². The number of anilines is 3. The van der Waals surface area contributed by atoms with Crippen LogP contribution in [-0.2, 0) is 19.6 Å². The number of nitrogens with zero attached hydrogens (tertiary/aromatic N) is 2. The fourth-order valence-electron chi connectivity index (χ4n) is 3.99. The molecule has 0 aromatic heterocycles. The molecule has 0 aliphatic carbocycles. The van der Waals surface area contributed by atoms with Gasteiger partial charge in [0.1, 0.15) is 0 Å². The van der Waals surface area contributed by atoms with Gasteiger partial charge < -0.3 is 15.5 Å². The summed E-state index contributed by atoms with van der Waals surface area (Å²) < 4.78 is 26.2. The van der Waals surface area contributed by atoms with Crippen molar-refractivity contribution in [1.29, 1.82) is 0 Å². The summed E-state index contributed by atoms with van der Waals surface area (Å²) in [5, 5.41) is 6.29. The normalized spacial score (nSPS) is 14.0. The van der Waals surface area contributed by atoms with E-state index in [4.69, 9.17) is 0 Å². The first kappa shape index (κ1) is 25.0. The topological polar surface area (TPSA) is 98.8 Å². The van der Waals surface area contributed by atoms with Gasteiger partial charge in [-0.3, -0.25) is 13.9 Å². The molecular formula is C27H28N4O4S. The molecule has 1 aliphatic rings. The second-order valence-corrected chi connectivity index (χ2v) is 10.5. The van der Waals surface area contributed by atoms with Gasteiger partial charge in [-0.05, 0) is 35.9 Å². The van der Waals surface area contributed by atoms with Gasteiger partial charge >= 0.3 is 0 Å². The first-order chi connectivity index (χ1) is 17.1. The summed E-state index contributed by atoms with van der Waals surface area (Å²) in [6.45, 7) is 1.84. The molecule has 9 heteroatoms. The molecule has 3 aromatic carbocycles. The zero-order valence-corrected chi connectivity index (χ0v) is 21.2. The lowest BCUT2D eigenvalue weighted by molar-refractivity contribution is -0.127. The molecule has 1 heterocycles. The third kappa shape index (κ3) is 5.41. The van der Waals surface area contributed by atoms with Crippen LogP contribution in [0.5, 0.6) is 0 Å². The van der Waals surface area contributed by atoms with Gasteiger partial charge in [-0.25, -0.2) is 8.42 Å². The van der Waals surface area contributed by atoms with Crippen molar-refractivity contribution in [3.8, 4) is 0 Å². The molecule has 8 nitrogen and oxygen atoms in total. The molecule has 0 bridgehead atoms. The van der Waals surface area contributed by atoms with E-state index in [1.165, 1.54) is 16.1 Å². The van der Waals surface area contributed by atoms with Gasteiger partial charge in [0.15, 0.2) is 0 Å². The van der Waals surface area contributed by atoms with Crippen LogP contribution in [0.3, 0.4) is 0 Å². The second-order valence-electron chi connectivity index (χ2n) is 8.56. The van der Waals surface area contributed by atoms with Crippen molar-refractivity contribution >= 4 is 50.2 Å². The fourth-order valence-corrected chi connectivity index (χ4v) is 4.91. The minimum absolute atomic E-state index is 0.137. The highest BCUT2D eigenvalue weighted by Gasteiger charge is 2.28. The lowest BCUT2D eigenvalue weighted by Gasteiger charge is -2.25. The van der Waals surface area contributed by atoms with Crippen molar-refractivity contribution in [1.82, 2.24) is 4.90 Å². The van der Waals surface area contributed by atoms with E-state index in [1.807, 2.05) is 54.6 Å². The Hall–Kier alpha value is -4.11. The van der Waals surface area contributed by atoms with E-state index in [2.05, 4.69) is 10.6 Å². The molecule has 0 radical (unpaired) electrons. The van der Waals surface area contributed by atoms with Gasteiger partial charge in [-0.2, -0.15) is 0 Å². The van der Waals surface area contributed by atoms with Gasteiger partial charge in [-0.15, -0.1) is 0 Å². The average Bonchev–Trinajstić information content (AvgIpc) is 3.18. The number of rotatable bonds is 8. The minimum Gasteiger partial charge on any atom is -0.354 e. The van der Waals surface area contributed by atoms with Crippen molar-refractivity contribution in [2.24, 2.45) is 0 Å². The molecule has 0 fully saturated rings. The van der Waals surface area contributed by atoms with Crippen molar-refractivity contribution in [2.45, 2.75) is 6.92 Å². The van der Waals surface area contributed by atoms with Crippen molar-refractivity contribution in [3.63, 3.8) is 0 Å². The van der Waals surface area contributed by atoms with Gasteiger partial charge in [0.2, 0.25) is 15.9 Å². The van der Waals surface area contributed by atoms with Gasteiger partial charge in [0.25, 0.3) is 5.91 Å². The molecular weight excluding hydrogens is 476 g/mol. The largest absolute Gasteiger partial charge is 0.354 e. The molecule has 1 aliphatic heterocycles. The molecule has 2 N–H and O–H groups in total. The smallest absolute Gasteiger partial charge is 0.258 e. The SMILES string of the molecule is CC(=O)N(C)CCN(c1ccc(NC(=C2C(=O)Nc3ccccc32)c2ccccc2)cc1)S(C)(=O)=O. The van der Waals surface area contributed by atoms with Gasteiger partial charge in [0.05, 0.1) is 29.8 Å². The van der Waals surface area contributed by atoms with Crippen LogP contribution < -0.4 is 14.9 Å². The first-order valence-corrected chi connectivity index (χ1v) is 13.3. The highest BCUT2D eigenvalue weighted by atomic mass is 32.2. The Balaban J connectivity index is 1.68. The number of para-hydroxylation sites is 1. The number of carbonyl (C=O) groups excluding carboxylic acids is 2. The maximum atomic E-state index is 13.0. The van der Waals surface area contributed by atoms with E-state index in [0.717, 1.165) is 23.1 Å². The minimum atomic E-state index is -3.56. The molecule has 0 atom stereocenters. The highest BCUT2D eigenvalue weighted by Crippen LogP contribution is 2.37. The summed E-state index contributed by atoms with van der Waals surface area (Å²) in [5.74, 6) is -0.334. The lowest BCUT2D eigenvalue weighted by Crippen LogP contribution is -2.38. The fraction of sp³-hybridized carbons (Fsp3) is 0.185. The Morgan fingerprint density at radius 1 is 0.917 bits per heavy atom. The van der Waals surface area contributed by atoms with E-state index >= 15 is 0 Å². The number of nitrogens with one attached hydrogen (secondary N) is 2. The number of likely N-dealkylation sites (N-methyl/N-ethyl adjacent to an activating group) is 1. The maximum Gasteiger partial charge on any atom is 0.258 e. The Labute approximate surface area is 211 Å². The first-order valence-electron chi connectivity index (χ1n) is 11.4. The summed E-state index contributed by atoms with van der Waals surface area (Å²) in [4.78, 5) is 26.0. The zero-order valence-electron chi connectivity index (χ0n) is 20.4. The number of fused-ring (bicyclic) bond motifs is 1. The average molecular weight is 505 g/mol. The summed E-state index contributed by atoms with van der Waals surface area (Å²) >= 11 is 0. The summed E-state index contributed by atoms with van der Waals surface area (Å²) in [6.07, 6.45) is 1.14. The van der Waals surface area contributed by atoms with Crippen molar-refractivity contribution in [2.75, 3.05) is 41.3 Å². The maximum absolute atomic E-state index is 13.0. The van der Waals surface area contributed by atoms with Crippen LogP contribution in [-0.4, -0.2) is 51.5 Å². The molecule has 186 valence electrons. The number of sulfonamides is 1. The van der Waals surface area contributed by atoms with E-state index in [-0.39, 0.29) is 24.9 Å². The Bertz CT molecular complexity index is 1420. The summed E-state index contributed by atoms with van der Waals surface area (Å²) in [7, 11) is -1.93. The molecule has 0 spiro atoms. The van der Waals surface area contributed by atoms with Crippen LogP contribution in [0.4, 0.5) is 17.1 Å². The predicted molar refractivity (Wildman–Crippen MR) is 144 cm³/mol. The van der Waals surface area contributed by atoms with Crippen LogP contribution in [0.15, 0.2) is 78.9 Å². The van der Waals surface area contributed by atoms with Crippen LogP contribution in [0, 0.1) is 0 Å². The summed E-state index contributed by atoms with van der Waals surface area (Å²) in [5.41, 5.74) is 4.76. The number of hydrogen-bond donors (Lipinski definition) is 2. The summed E-state index contributed by atoms with van der Waals surface area (Å²) in [6, 6.07) is 24.0. The van der Waals surface area contributed by atoms with E-state index < -0.39 is 10.0 Å². The van der Waals surface area contributed by atoms with Crippen LogP contribution in [0.25, 0.3) is 11.3 Å². The third-order valence-electron chi connectivity index (χ3n) is 5.99. The quantitative estimate of drug-likeness (QED) is 0.454. The number of carbonyl (C=O) groups is 2. The van der Waals surface area contributed by atoms with Gasteiger partial charge in [-0.1, -0.05) is 48.5 Å². The highest BCUT2D eigenvalue weighted by molar-refractivity contribution is 7.92. The second kappa shape index (κ2) is 10.2. The lowest BCUT2D eigenvalue weighted by atomic mass is 10.00.